The fraction of sp³-hybridized carbons (Fsp3) is 0.125. The molecule has 0 radical (unpaired) electrons. The Morgan fingerprint density at radius 2 is 1.62 bits per heavy atom. The normalized spacial score (nSPS) is 10.2. The van der Waals surface area contributed by atoms with Gasteiger partial charge in [-0.1, -0.05) is 22.0 Å². The Balaban J connectivity index is 2.30. The number of hydrogen-bond donors (Lipinski definition) is 2. The van der Waals surface area contributed by atoms with Crippen LogP contribution in [-0.4, -0.2) is 17.0 Å². The van der Waals surface area contributed by atoms with Gasteiger partial charge in [-0.05, 0) is 55.3 Å². The average molecular weight is 348 g/mol. The standard InChI is InChI=1S/C16H14BrNO3/c1-9-6-13(17)7-10(2)14(9)18-15(19)11-4-3-5-12(8-11)16(20)21/h3-8H,1-2H3,(H,18,19)(H,20,21). The predicted octanol–water partition coefficient (Wildman–Crippen LogP) is 4.02. The third kappa shape index (κ3) is 3.49. The molecule has 0 bridgehead atoms. The zero-order chi connectivity index (χ0) is 15.6. The number of carbonyl (C=O) groups excluding carboxylic acids is 1. The number of carboxylic acid groups (broad SMARTS) is 1. The van der Waals surface area contributed by atoms with Crippen LogP contribution in [0.2, 0.25) is 0 Å². The van der Waals surface area contributed by atoms with Crippen LogP contribution in [0.3, 0.4) is 0 Å². The molecule has 4 nitrogen and oxygen atoms in total. The lowest BCUT2D eigenvalue weighted by atomic mass is 10.1. The van der Waals surface area contributed by atoms with Crippen molar-refractivity contribution in [3.8, 4) is 0 Å². The number of aryl methyl sites for hydroxylation is 2. The fourth-order valence-corrected chi connectivity index (χ4v) is 2.77. The minimum atomic E-state index is -1.05. The summed E-state index contributed by atoms with van der Waals surface area (Å²) in [6, 6.07) is 9.79. The molecule has 108 valence electrons. The number of hydrogen-bond acceptors (Lipinski definition) is 2. The van der Waals surface area contributed by atoms with Gasteiger partial charge in [0.05, 0.1) is 5.56 Å². The van der Waals surface area contributed by atoms with Crippen molar-refractivity contribution in [1.29, 1.82) is 0 Å². The Hall–Kier alpha value is -2.14. The third-order valence-electron chi connectivity index (χ3n) is 3.11. The first kappa shape index (κ1) is 15.3. The van der Waals surface area contributed by atoms with E-state index in [4.69, 9.17) is 5.11 Å². The predicted molar refractivity (Wildman–Crippen MR) is 85.0 cm³/mol. The highest BCUT2D eigenvalue weighted by Gasteiger charge is 2.12. The molecule has 21 heavy (non-hydrogen) atoms. The van der Waals surface area contributed by atoms with Crippen LogP contribution in [0.5, 0.6) is 0 Å². The Bertz CT molecular complexity index is 702. The van der Waals surface area contributed by atoms with E-state index in [1.54, 1.807) is 12.1 Å². The summed E-state index contributed by atoms with van der Waals surface area (Å²) >= 11 is 3.41. The summed E-state index contributed by atoms with van der Waals surface area (Å²) in [6.45, 7) is 3.81. The summed E-state index contributed by atoms with van der Waals surface area (Å²) in [5, 5.41) is 11.8. The molecule has 0 aliphatic carbocycles. The lowest BCUT2D eigenvalue weighted by Crippen LogP contribution is -2.14. The monoisotopic (exact) mass is 347 g/mol. The first-order valence-corrected chi connectivity index (χ1v) is 7.09. The number of benzene rings is 2. The summed E-state index contributed by atoms with van der Waals surface area (Å²) in [5.41, 5.74) is 3.02. The maximum absolute atomic E-state index is 12.3. The number of halogens is 1. The summed E-state index contributed by atoms with van der Waals surface area (Å²) in [7, 11) is 0. The van der Waals surface area contributed by atoms with Gasteiger partial charge in [-0.2, -0.15) is 0 Å². The molecule has 0 spiro atoms. The summed E-state index contributed by atoms with van der Waals surface area (Å²) < 4.78 is 0.948. The second kappa shape index (κ2) is 6.10. The van der Waals surface area contributed by atoms with Gasteiger partial charge in [0.2, 0.25) is 0 Å². The van der Waals surface area contributed by atoms with Crippen LogP contribution >= 0.6 is 15.9 Å². The largest absolute Gasteiger partial charge is 0.478 e. The molecule has 0 saturated carbocycles. The first-order valence-electron chi connectivity index (χ1n) is 6.30. The molecule has 0 atom stereocenters. The van der Waals surface area contributed by atoms with Crippen molar-refractivity contribution in [1.82, 2.24) is 0 Å². The zero-order valence-electron chi connectivity index (χ0n) is 11.6. The van der Waals surface area contributed by atoms with Gasteiger partial charge >= 0.3 is 5.97 Å². The van der Waals surface area contributed by atoms with E-state index >= 15 is 0 Å². The maximum atomic E-state index is 12.3. The number of carbonyl (C=O) groups is 2. The van der Waals surface area contributed by atoms with Crippen LogP contribution in [-0.2, 0) is 0 Å². The quantitative estimate of drug-likeness (QED) is 0.881. The van der Waals surface area contributed by atoms with E-state index < -0.39 is 5.97 Å². The molecule has 2 aromatic rings. The van der Waals surface area contributed by atoms with Crippen LogP contribution in [0.4, 0.5) is 5.69 Å². The van der Waals surface area contributed by atoms with Crippen molar-refractivity contribution in [2.24, 2.45) is 0 Å². The highest BCUT2D eigenvalue weighted by atomic mass is 79.9. The molecule has 1 amide bonds. The lowest BCUT2D eigenvalue weighted by Gasteiger charge is -2.12. The molecular formula is C16H14BrNO3. The number of carboxylic acids is 1. The number of rotatable bonds is 3. The highest BCUT2D eigenvalue weighted by Crippen LogP contribution is 2.25. The fourth-order valence-electron chi connectivity index (χ4n) is 2.09. The summed E-state index contributed by atoms with van der Waals surface area (Å²) in [6.07, 6.45) is 0. The van der Waals surface area contributed by atoms with Gasteiger partial charge in [-0.15, -0.1) is 0 Å². The number of nitrogens with one attached hydrogen (secondary N) is 1. The Morgan fingerprint density at radius 3 is 2.19 bits per heavy atom. The van der Waals surface area contributed by atoms with Crippen molar-refractivity contribution in [3.05, 3.63) is 63.1 Å². The van der Waals surface area contributed by atoms with Crippen molar-refractivity contribution < 1.29 is 14.7 Å². The van der Waals surface area contributed by atoms with Crippen LogP contribution in [0, 0.1) is 13.8 Å². The first-order chi connectivity index (χ1) is 9.88. The molecule has 0 saturated heterocycles. The van der Waals surface area contributed by atoms with Gasteiger partial charge in [0.1, 0.15) is 0 Å². The molecule has 0 heterocycles. The Labute approximate surface area is 130 Å². The van der Waals surface area contributed by atoms with Gasteiger partial charge < -0.3 is 10.4 Å². The van der Waals surface area contributed by atoms with E-state index in [2.05, 4.69) is 21.2 Å². The van der Waals surface area contributed by atoms with E-state index in [-0.39, 0.29) is 11.5 Å². The maximum Gasteiger partial charge on any atom is 0.335 e. The van der Waals surface area contributed by atoms with E-state index in [0.29, 0.717) is 5.56 Å². The van der Waals surface area contributed by atoms with Crippen molar-refractivity contribution >= 4 is 33.5 Å². The van der Waals surface area contributed by atoms with E-state index in [1.807, 2.05) is 26.0 Å². The summed E-state index contributed by atoms with van der Waals surface area (Å²) in [4.78, 5) is 23.2. The second-order valence-electron chi connectivity index (χ2n) is 4.75. The van der Waals surface area contributed by atoms with E-state index in [1.165, 1.54) is 12.1 Å². The zero-order valence-corrected chi connectivity index (χ0v) is 13.2. The van der Waals surface area contributed by atoms with E-state index in [9.17, 15) is 9.59 Å². The Kier molecular flexibility index (Phi) is 4.43. The van der Waals surface area contributed by atoms with Crippen molar-refractivity contribution in [2.75, 3.05) is 5.32 Å². The van der Waals surface area contributed by atoms with Gasteiger partial charge in [0.25, 0.3) is 5.91 Å². The van der Waals surface area contributed by atoms with Crippen molar-refractivity contribution in [3.63, 3.8) is 0 Å². The molecule has 2 rings (SSSR count). The summed E-state index contributed by atoms with van der Waals surface area (Å²) in [5.74, 6) is -1.38. The smallest absolute Gasteiger partial charge is 0.335 e. The second-order valence-corrected chi connectivity index (χ2v) is 5.67. The lowest BCUT2D eigenvalue weighted by molar-refractivity contribution is 0.0697. The van der Waals surface area contributed by atoms with Crippen LogP contribution < -0.4 is 5.32 Å². The van der Waals surface area contributed by atoms with Gasteiger partial charge in [0, 0.05) is 15.7 Å². The van der Waals surface area contributed by atoms with Crippen LogP contribution in [0.1, 0.15) is 31.8 Å². The number of amides is 1. The van der Waals surface area contributed by atoms with E-state index in [0.717, 1.165) is 21.3 Å². The van der Waals surface area contributed by atoms with Gasteiger partial charge in [0.15, 0.2) is 0 Å². The Morgan fingerprint density at radius 1 is 1.05 bits per heavy atom. The molecule has 0 fully saturated rings. The number of anilines is 1. The average Bonchev–Trinajstić information content (AvgIpc) is 2.42. The highest BCUT2D eigenvalue weighted by molar-refractivity contribution is 9.10. The molecule has 0 unspecified atom stereocenters. The minimum Gasteiger partial charge on any atom is -0.478 e. The molecule has 2 N–H and O–H groups in total. The molecule has 0 aliphatic heterocycles. The third-order valence-corrected chi connectivity index (χ3v) is 3.57. The molecular weight excluding hydrogens is 334 g/mol. The topological polar surface area (TPSA) is 66.4 Å². The molecule has 0 aliphatic rings. The minimum absolute atomic E-state index is 0.0897. The van der Waals surface area contributed by atoms with Crippen LogP contribution in [0.25, 0.3) is 0 Å². The SMILES string of the molecule is Cc1cc(Br)cc(C)c1NC(=O)c1cccc(C(=O)O)c1. The van der Waals surface area contributed by atoms with Gasteiger partial charge in [-0.25, -0.2) is 4.79 Å². The molecule has 2 aromatic carbocycles. The van der Waals surface area contributed by atoms with Gasteiger partial charge in [-0.3, -0.25) is 4.79 Å². The molecule has 0 aromatic heterocycles. The van der Waals surface area contributed by atoms with Crippen molar-refractivity contribution in [2.45, 2.75) is 13.8 Å². The molecule has 5 heteroatoms. The number of aromatic carboxylic acids is 1. The van der Waals surface area contributed by atoms with Crippen LogP contribution in [0.15, 0.2) is 40.9 Å².